The molecule has 2 aromatic rings. The number of carbonyl (C=O) groups is 2. The third kappa shape index (κ3) is 8.29. The fourth-order valence-electron chi connectivity index (χ4n) is 3.26. The van der Waals surface area contributed by atoms with Crippen molar-refractivity contribution in [3.63, 3.8) is 0 Å². The monoisotopic (exact) mass is 585 g/mol. The summed E-state index contributed by atoms with van der Waals surface area (Å²) in [7, 11) is -3.72. The highest BCUT2D eigenvalue weighted by molar-refractivity contribution is 14.1. The van der Waals surface area contributed by atoms with Crippen molar-refractivity contribution in [2.75, 3.05) is 23.7 Å². The summed E-state index contributed by atoms with van der Waals surface area (Å²) in [6.07, 6.45) is 1.07. The first-order valence-electron chi connectivity index (χ1n) is 10.7. The van der Waals surface area contributed by atoms with Gasteiger partial charge in [-0.3, -0.25) is 13.9 Å². The van der Waals surface area contributed by atoms with Gasteiger partial charge in [0.2, 0.25) is 21.8 Å². The molecule has 0 bridgehead atoms. The molecule has 0 heterocycles. The number of halogens is 1. The number of rotatable bonds is 10. The second-order valence-corrected chi connectivity index (χ2v) is 11.7. The molecule has 7 nitrogen and oxygen atoms in total. The zero-order valence-electron chi connectivity index (χ0n) is 19.7. The molecule has 33 heavy (non-hydrogen) atoms. The van der Waals surface area contributed by atoms with Crippen LogP contribution < -0.4 is 9.62 Å². The van der Waals surface area contributed by atoms with Crippen molar-refractivity contribution in [3.8, 4) is 0 Å². The topological polar surface area (TPSA) is 86.8 Å². The fourth-order valence-corrected chi connectivity index (χ4v) is 4.47. The molecule has 0 aromatic heterocycles. The standard InChI is InChI=1S/C24H32IN3O4S/c1-17(2)14-26-24(30)19(4)27(15-20-8-6-7-18(3)13-20)23(29)16-28(33(5,31)32)22-11-9-21(25)10-12-22/h6-13,17,19H,14-16H2,1-5H3,(H,26,30)/t19-/m0/s1. The number of anilines is 1. The van der Waals surface area contributed by atoms with Gasteiger partial charge in [-0.15, -0.1) is 0 Å². The Kier molecular flexibility index (Phi) is 9.71. The summed E-state index contributed by atoms with van der Waals surface area (Å²) in [5, 5.41) is 2.87. The maximum absolute atomic E-state index is 13.5. The van der Waals surface area contributed by atoms with Crippen LogP contribution in [-0.4, -0.2) is 50.5 Å². The molecule has 0 aliphatic heterocycles. The van der Waals surface area contributed by atoms with Crippen molar-refractivity contribution in [3.05, 3.63) is 63.2 Å². The molecule has 180 valence electrons. The lowest BCUT2D eigenvalue weighted by molar-refractivity contribution is -0.139. The van der Waals surface area contributed by atoms with E-state index in [0.29, 0.717) is 12.2 Å². The first-order chi connectivity index (χ1) is 15.4. The predicted molar refractivity (Wildman–Crippen MR) is 140 cm³/mol. The Bertz CT molecular complexity index is 1070. The minimum atomic E-state index is -3.72. The van der Waals surface area contributed by atoms with E-state index in [9.17, 15) is 18.0 Å². The molecule has 2 amide bonds. The van der Waals surface area contributed by atoms with E-state index in [0.717, 1.165) is 25.3 Å². The van der Waals surface area contributed by atoms with Crippen LogP contribution in [-0.2, 0) is 26.2 Å². The SMILES string of the molecule is Cc1cccc(CN(C(=O)CN(c2ccc(I)cc2)S(C)(=O)=O)[C@@H](C)C(=O)NCC(C)C)c1. The Labute approximate surface area is 210 Å². The third-order valence-electron chi connectivity index (χ3n) is 5.08. The number of sulfonamides is 1. The molecule has 0 unspecified atom stereocenters. The number of nitrogens with one attached hydrogen (secondary N) is 1. The molecule has 0 radical (unpaired) electrons. The summed E-state index contributed by atoms with van der Waals surface area (Å²) in [5.74, 6) is -0.457. The molecular formula is C24H32IN3O4S. The van der Waals surface area contributed by atoms with E-state index >= 15 is 0 Å². The number of hydrogen-bond acceptors (Lipinski definition) is 4. The van der Waals surface area contributed by atoms with E-state index < -0.39 is 28.5 Å². The lowest BCUT2D eigenvalue weighted by atomic mass is 10.1. The minimum Gasteiger partial charge on any atom is -0.354 e. The Morgan fingerprint density at radius 1 is 1.06 bits per heavy atom. The van der Waals surface area contributed by atoms with Crippen LogP contribution in [0.15, 0.2) is 48.5 Å². The Morgan fingerprint density at radius 3 is 2.24 bits per heavy atom. The van der Waals surface area contributed by atoms with E-state index in [1.54, 1.807) is 31.2 Å². The lowest BCUT2D eigenvalue weighted by Gasteiger charge is -2.31. The van der Waals surface area contributed by atoms with Crippen LogP contribution in [0.2, 0.25) is 0 Å². The second kappa shape index (κ2) is 11.8. The van der Waals surface area contributed by atoms with Gasteiger partial charge in [0.1, 0.15) is 12.6 Å². The molecule has 0 spiro atoms. The predicted octanol–water partition coefficient (Wildman–Crippen LogP) is 3.56. The summed E-state index contributed by atoms with van der Waals surface area (Å²) < 4.78 is 27.1. The minimum absolute atomic E-state index is 0.196. The molecule has 0 aliphatic carbocycles. The molecule has 0 saturated carbocycles. The zero-order chi connectivity index (χ0) is 24.8. The Balaban J connectivity index is 2.35. The summed E-state index contributed by atoms with van der Waals surface area (Å²) in [4.78, 5) is 27.7. The maximum atomic E-state index is 13.5. The fraction of sp³-hybridized carbons (Fsp3) is 0.417. The van der Waals surface area contributed by atoms with Gasteiger partial charge in [-0.2, -0.15) is 0 Å². The van der Waals surface area contributed by atoms with Crippen LogP contribution in [0.25, 0.3) is 0 Å². The van der Waals surface area contributed by atoms with Crippen molar-refractivity contribution in [2.24, 2.45) is 5.92 Å². The van der Waals surface area contributed by atoms with Gasteiger partial charge >= 0.3 is 0 Å². The average molecular weight is 586 g/mol. The maximum Gasteiger partial charge on any atom is 0.244 e. The number of carbonyl (C=O) groups excluding carboxylic acids is 2. The van der Waals surface area contributed by atoms with Gasteiger partial charge in [0.05, 0.1) is 11.9 Å². The van der Waals surface area contributed by atoms with Gasteiger partial charge in [0.15, 0.2) is 0 Å². The quantitative estimate of drug-likeness (QED) is 0.433. The Morgan fingerprint density at radius 2 is 1.70 bits per heavy atom. The van der Waals surface area contributed by atoms with Gasteiger partial charge in [-0.05, 0) is 72.2 Å². The van der Waals surface area contributed by atoms with E-state index in [-0.39, 0.29) is 18.4 Å². The number of benzene rings is 2. The third-order valence-corrected chi connectivity index (χ3v) is 6.94. The summed E-state index contributed by atoms with van der Waals surface area (Å²) in [6, 6.07) is 13.8. The summed E-state index contributed by atoms with van der Waals surface area (Å²) in [5.41, 5.74) is 2.30. The van der Waals surface area contributed by atoms with Crippen molar-refractivity contribution < 1.29 is 18.0 Å². The van der Waals surface area contributed by atoms with Gasteiger partial charge < -0.3 is 10.2 Å². The second-order valence-electron chi connectivity index (χ2n) is 8.57. The van der Waals surface area contributed by atoms with Crippen molar-refractivity contribution in [1.29, 1.82) is 0 Å². The summed E-state index contributed by atoms with van der Waals surface area (Å²) >= 11 is 2.13. The van der Waals surface area contributed by atoms with Crippen molar-refractivity contribution in [1.82, 2.24) is 10.2 Å². The largest absolute Gasteiger partial charge is 0.354 e. The molecule has 0 saturated heterocycles. The van der Waals surface area contributed by atoms with Gasteiger partial charge in [-0.1, -0.05) is 43.7 Å². The van der Waals surface area contributed by atoms with Crippen LogP contribution in [0.1, 0.15) is 31.9 Å². The first-order valence-corrected chi connectivity index (χ1v) is 13.7. The molecule has 2 rings (SSSR count). The Hall–Kier alpha value is -2.14. The normalized spacial score (nSPS) is 12.3. The molecule has 1 atom stereocenters. The van der Waals surface area contributed by atoms with E-state index in [1.165, 1.54) is 4.90 Å². The van der Waals surface area contributed by atoms with Crippen LogP contribution in [0.5, 0.6) is 0 Å². The smallest absolute Gasteiger partial charge is 0.244 e. The number of hydrogen-bond donors (Lipinski definition) is 1. The van der Waals surface area contributed by atoms with Crippen LogP contribution in [0.3, 0.4) is 0 Å². The highest BCUT2D eigenvalue weighted by atomic mass is 127. The van der Waals surface area contributed by atoms with Crippen molar-refractivity contribution >= 4 is 50.1 Å². The first kappa shape index (κ1) is 27.1. The van der Waals surface area contributed by atoms with Crippen LogP contribution in [0, 0.1) is 16.4 Å². The van der Waals surface area contributed by atoms with Crippen LogP contribution >= 0.6 is 22.6 Å². The lowest BCUT2D eigenvalue weighted by Crippen LogP contribution is -2.51. The average Bonchev–Trinajstić information content (AvgIpc) is 2.73. The number of nitrogens with zero attached hydrogens (tertiary/aromatic N) is 2. The zero-order valence-corrected chi connectivity index (χ0v) is 22.7. The number of amides is 2. The molecule has 9 heteroatoms. The molecule has 0 aliphatic rings. The van der Waals surface area contributed by atoms with E-state index in [4.69, 9.17) is 0 Å². The highest BCUT2D eigenvalue weighted by Gasteiger charge is 2.30. The highest BCUT2D eigenvalue weighted by Crippen LogP contribution is 2.20. The number of aryl methyl sites for hydroxylation is 1. The van der Waals surface area contributed by atoms with Gasteiger partial charge in [0.25, 0.3) is 0 Å². The van der Waals surface area contributed by atoms with E-state index in [2.05, 4.69) is 27.9 Å². The van der Waals surface area contributed by atoms with Gasteiger partial charge in [0, 0.05) is 16.7 Å². The van der Waals surface area contributed by atoms with Crippen LogP contribution in [0.4, 0.5) is 5.69 Å². The van der Waals surface area contributed by atoms with Gasteiger partial charge in [-0.25, -0.2) is 8.42 Å². The summed E-state index contributed by atoms with van der Waals surface area (Å²) in [6.45, 7) is 7.90. The molecule has 0 fully saturated rings. The molecular weight excluding hydrogens is 553 g/mol. The van der Waals surface area contributed by atoms with Crippen molar-refractivity contribution in [2.45, 2.75) is 40.3 Å². The molecule has 2 aromatic carbocycles. The van der Waals surface area contributed by atoms with E-state index in [1.807, 2.05) is 45.0 Å². The molecule has 1 N–H and O–H groups in total.